The van der Waals surface area contributed by atoms with Crippen LogP contribution >= 0.6 is 0 Å². The standard InChI is InChI=1S/C20H24N2O2/c1-22-16-5-3-2-4-15(16)17(18(22)23)21-19(24)20-9-12-6-13(10-20)8-14(7-12)11-20/h2-5,12-14,17H,6-11H2,1H3,(H,21,24). The van der Waals surface area contributed by atoms with Gasteiger partial charge in [-0.15, -0.1) is 0 Å². The summed E-state index contributed by atoms with van der Waals surface area (Å²) in [5.41, 5.74) is 1.65. The summed E-state index contributed by atoms with van der Waals surface area (Å²) in [6, 6.07) is 7.28. The fourth-order valence-electron chi connectivity index (χ4n) is 6.29. The number of fused-ring (bicyclic) bond motifs is 1. The van der Waals surface area contributed by atoms with Crippen LogP contribution in [0.2, 0.25) is 0 Å². The number of carbonyl (C=O) groups excluding carboxylic acids is 2. The Morgan fingerprint density at radius 3 is 2.29 bits per heavy atom. The molecule has 5 aliphatic rings. The molecular formula is C20H24N2O2. The number of rotatable bonds is 2. The fraction of sp³-hybridized carbons (Fsp3) is 0.600. The van der Waals surface area contributed by atoms with Gasteiger partial charge in [-0.2, -0.15) is 0 Å². The van der Waals surface area contributed by atoms with Gasteiger partial charge < -0.3 is 10.2 Å². The third kappa shape index (κ3) is 1.92. The van der Waals surface area contributed by atoms with Crippen LogP contribution in [0.15, 0.2) is 24.3 Å². The van der Waals surface area contributed by atoms with Crippen molar-refractivity contribution in [3.8, 4) is 0 Å². The molecule has 1 unspecified atom stereocenters. The third-order valence-corrected chi connectivity index (χ3v) is 6.98. The van der Waals surface area contributed by atoms with E-state index in [0.717, 1.165) is 48.3 Å². The molecular weight excluding hydrogens is 300 g/mol. The van der Waals surface area contributed by atoms with E-state index >= 15 is 0 Å². The Labute approximate surface area is 142 Å². The van der Waals surface area contributed by atoms with Crippen LogP contribution in [0.3, 0.4) is 0 Å². The van der Waals surface area contributed by atoms with Crippen LogP contribution in [0.25, 0.3) is 0 Å². The van der Waals surface area contributed by atoms with E-state index < -0.39 is 6.04 Å². The summed E-state index contributed by atoms with van der Waals surface area (Å²) in [7, 11) is 1.79. The predicted molar refractivity (Wildman–Crippen MR) is 91.3 cm³/mol. The molecule has 126 valence electrons. The van der Waals surface area contributed by atoms with E-state index in [1.807, 2.05) is 24.3 Å². The van der Waals surface area contributed by atoms with E-state index in [1.165, 1.54) is 19.3 Å². The van der Waals surface area contributed by atoms with Crippen LogP contribution in [-0.2, 0) is 9.59 Å². The normalized spacial score (nSPS) is 39.2. The van der Waals surface area contributed by atoms with Crippen LogP contribution in [0.4, 0.5) is 5.69 Å². The summed E-state index contributed by atoms with van der Waals surface area (Å²) in [6.45, 7) is 0. The van der Waals surface area contributed by atoms with Gasteiger partial charge >= 0.3 is 0 Å². The van der Waals surface area contributed by atoms with Crippen LogP contribution in [0, 0.1) is 23.2 Å². The molecule has 24 heavy (non-hydrogen) atoms. The largest absolute Gasteiger partial charge is 0.340 e. The molecule has 1 atom stereocenters. The Balaban J connectivity index is 1.42. The number of hydrogen-bond acceptors (Lipinski definition) is 2. The van der Waals surface area contributed by atoms with Crippen molar-refractivity contribution in [1.29, 1.82) is 0 Å². The molecule has 1 aromatic carbocycles. The molecule has 0 radical (unpaired) electrons. The highest BCUT2D eigenvalue weighted by molar-refractivity contribution is 6.06. The van der Waals surface area contributed by atoms with Crippen LogP contribution in [0.1, 0.15) is 50.1 Å². The molecule has 4 bridgehead atoms. The maximum atomic E-state index is 13.2. The highest BCUT2D eigenvalue weighted by atomic mass is 16.2. The Kier molecular flexibility index (Phi) is 2.92. The molecule has 0 saturated heterocycles. The van der Waals surface area contributed by atoms with Crippen molar-refractivity contribution in [1.82, 2.24) is 5.32 Å². The summed E-state index contributed by atoms with van der Waals surface area (Å²) in [5.74, 6) is 2.31. The molecule has 4 saturated carbocycles. The zero-order valence-corrected chi connectivity index (χ0v) is 14.1. The zero-order valence-electron chi connectivity index (χ0n) is 14.1. The van der Waals surface area contributed by atoms with Crippen LogP contribution in [0.5, 0.6) is 0 Å². The Hall–Kier alpha value is -1.84. The summed E-state index contributed by atoms with van der Waals surface area (Å²) >= 11 is 0. The lowest BCUT2D eigenvalue weighted by Gasteiger charge is -2.55. The van der Waals surface area contributed by atoms with E-state index in [1.54, 1.807) is 11.9 Å². The summed E-state index contributed by atoms with van der Waals surface area (Å²) in [6.07, 6.45) is 7.05. The molecule has 0 aromatic heterocycles. The van der Waals surface area contributed by atoms with Crippen LogP contribution < -0.4 is 10.2 Å². The van der Waals surface area contributed by atoms with Gasteiger partial charge in [0, 0.05) is 23.7 Å². The van der Waals surface area contributed by atoms with E-state index in [4.69, 9.17) is 0 Å². The van der Waals surface area contributed by atoms with Gasteiger partial charge in [0.1, 0.15) is 6.04 Å². The van der Waals surface area contributed by atoms with E-state index in [-0.39, 0.29) is 17.2 Å². The number of anilines is 1. The average Bonchev–Trinajstić information content (AvgIpc) is 2.79. The van der Waals surface area contributed by atoms with Crippen LogP contribution in [-0.4, -0.2) is 18.9 Å². The molecule has 1 heterocycles. The van der Waals surface area contributed by atoms with Gasteiger partial charge in [-0.1, -0.05) is 18.2 Å². The molecule has 1 aliphatic heterocycles. The molecule has 4 aliphatic carbocycles. The quantitative estimate of drug-likeness (QED) is 0.909. The topological polar surface area (TPSA) is 49.4 Å². The monoisotopic (exact) mass is 324 g/mol. The van der Waals surface area contributed by atoms with Gasteiger partial charge in [0.2, 0.25) is 5.91 Å². The maximum absolute atomic E-state index is 13.2. The zero-order chi connectivity index (χ0) is 16.5. The maximum Gasteiger partial charge on any atom is 0.254 e. The van der Waals surface area contributed by atoms with Crippen molar-refractivity contribution in [2.24, 2.45) is 23.2 Å². The van der Waals surface area contributed by atoms with Gasteiger partial charge in [-0.05, 0) is 62.3 Å². The lowest BCUT2D eigenvalue weighted by atomic mass is 9.49. The molecule has 1 aromatic rings. The first-order chi connectivity index (χ1) is 11.6. The minimum atomic E-state index is -0.508. The molecule has 2 amide bonds. The lowest BCUT2D eigenvalue weighted by Crippen LogP contribution is -2.54. The number of carbonyl (C=O) groups is 2. The first-order valence-corrected chi connectivity index (χ1v) is 9.23. The average molecular weight is 324 g/mol. The SMILES string of the molecule is CN1C(=O)C(NC(=O)C23CC4CC(CC(C4)C2)C3)c2ccccc21. The van der Waals surface area contributed by atoms with Gasteiger partial charge in [-0.3, -0.25) is 9.59 Å². The molecule has 4 fully saturated rings. The van der Waals surface area contributed by atoms with Gasteiger partial charge in [0.15, 0.2) is 0 Å². The van der Waals surface area contributed by atoms with Gasteiger partial charge in [0.05, 0.1) is 0 Å². The number of para-hydroxylation sites is 1. The molecule has 6 rings (SSSR count). The molecule has 4 nitrogen and oxygen atoms in total. The van der Waals surface area contributed by atoms with Crippen molar-refractivity contribution in [2.45, 2.75) is 44.6 Å². The first kappa shape index (κ1) is 14.5. The molecule has 1 N–H and O–H groups in total. The number of hydrogen-bond donors (Lipinski definition) is 1. The van der Waals surface area contributed by atoms with Crippen molar-refractivity contribution < 1.29 is 9.59 Å². The number of likely N-dealkylation sites (N-methyl/N-ethyl adjacent to an activating group) is 1. The summed E-state index contributed by atoms with van der Waals surface area (Å²) < 4.78 is 0. The second-order valence-corrected chi connectivity index (χ2v) is 8.56. The number of amides is 2. The highest BCUT2D eigenvalue weighted by Gasteiger charge is 2.55. The van der Waals surface area contributed by atoms with Gasteiger partial charge in [-0.25, -0.2) is 0 Å². The third-order valence-electron chi connectivity index (χ3n) is 6.98. The number of nitrogens with one attached hydrogen (secondary N) is 1. The molecule has 4 heteroatoms. The van der Waals surface area contributed by atoms with Crippen molar-refractivity contribution in [3.63, 3.8) is 0 Å². The lowest BCUT2D eigenvalue weighted by molar-refractivity contribution is -0.148. The molecule has 0 spiro atoms. The second kappa shape index (κ2) is 4.84. The Morgan fingerprint density at radius 2 is 1.67 bits per heavy atom. The van der Waals surface area contributed by atoms with Crippen molar-refractivity contribution in [3.05, 3.63) is 29.8 Å². The van der Waals surface area contributed by atoms with Crippen molar-refractivity contribution in [2.75, 3.05) is 11.9 Å². The minimum absolute atomic E-state index is 0.0192. The number of benzene rings is 1. The Bertz CT molecular complexity index is 691. The second-order valence-electron chi connectivity index (χ2n) is 8.56. The summed E-state index contributed by atoms with van der Waals surface area (Å²) in [4.78, 5) is 27.5. The van der Waals surface area contributed by atoms with Gasteiger partial charge in [0.25, 0.3) is 5.91 Å². The highest BCUT2D eigenvalue weighted by Crippen LogP contribution is 2.60. The van der Waals surface area contributed by atoms with Crippen molar-refractivity contribution >= 4 is 17.5 Å². The summed E-state index contributed by atoms with van der Waals surface area (Å²) in [5, 5.41) is 3.14. The number of nitrogens with zero attached hydrogens (tertiary/aromatic N) is 1. The minimum Gasteiger partial charge on any atom is -0.340 e. The van der Waals surface area contributed by atoms with E-state index in [0.29, 0.717) is 0 Å². The fourth-order valence-corrected chi connectivity index (χ4v) is 6.29. The van der Waals surface area contributed by atoms with E-state index in [9.17, 15) is 9.59 Å². The van der Waals surface area contributed by atoms with E-state index in [2.05, 4.69) is 5.32 Å². The smallest absolute Gasteiger partial charge is 0.254 e. The Morgan fingerprint density at radius 1 is 1.08 bits per heavy atom. The first-order valence-electron chi connectivity index (χ1n) is 9.23. The predicted octanol–water partition coefficient (Wildman–Crippen LogP) is 3.04.